The average molecular weight is 673 g/mol. The van der Waals surface area contributed by atoms with Crippen LogP contribution in [0.5, 0.6) is 0 Å². The fraction of sp³-hybridized carbons (Fsp3) is 0.0566. The zero-order chi connectivity index (χ0) is 35.3. The normalized spacial score (nSPS) is 13.2. The molecule has 1 aliphatic rings. The molecular weight excluding hydrogens is 637 g/mol. The second-order valence-corrected chi connectivity index (χ2v) is 15.2. The minimum Gasteiger partial charge on any atom is -0.0616 e. The van der Waals surface area contributed by atoms with Crippen LogP contribution < -0.4 is 0 Å². The number of hydrogen-bond acceptors (Lipinski definition) is 0. The molecule has 0 nitrogen and oxygen atoms in total. The van der Waals surface area contributed by atoms with Crippen LogP contribution >= 0.6 is 0 Å². The first-order valence-corrected chi connectivity index (χ1v) is 18.7. The third-order valence-electron chi connectivity index (χ3n) is 12.0. The van der Waals surface area contributed by atoms with Gasteiger partial charge in [-0.25, -0.2) is 0 Å². The fourth-order valence-electron chi connectivity index (χ4n) is 9.54. The van der Waals surface area contributed by atoms with Crippen LogP contribution in [0.1, 0.15) is 25.0 Å². The topological polar surface area (TPSA) is 0 Å². The Balaban J connectivity index is 1.15. The van der Waals surface area contributed by atoms with Crippen molar-refractivity contribution in [2.24, 2.45) is 0 Å². The van der Waals surface area contributed by atoms with Gasteiger partial charge in [0.25, 0.3) is 0 Å². The molecule has 0 radical (unpaired) electrons. The van der Waals surface area contributed by atoms with Crippen molar-refractivity contribution in [3.8, 4) is 44.5 Å². The van der Waals surface area contributed by atoms with E-state index in [4.69, 9.17) is 0 Å². The van der Waals surface area contributed by atoms with E-state index in [-0.39, 0.29) is 5.41 Å². The van der Waals surface area contributed by atoms with Crippen molar-refractivity contribution in [3.05, 3.63) is 193 Å². The van der Waals surface area contributed by atoms with Gasteiger partial charge in [0.05, 0.1) is 0 Å². The molecule has 0 aliphatic heterocycles. The lowest BCUT2D eigenvalue weighted by Gasteiger charge is -2.22. The van der Waals surface area contributed by atoms with E-state index in [2.05, 4.69) is 196 Å². The van der Waals surface area contributed by atoms with E-state index >= 15 is 0 Å². The Bertz CT molecular complexity index is 3080. The van der Waals surface area contributed by atoms with Gasteiger partial charge in [-0.05, 0) is 122 Å². The van der Waals surface area contributed by atoms with Gasteiger partial charge in [-0.1, -0.05) is 184 Å². The highest BCUT2D eigenvalue weighted by atomic mass is 14.4. The van der Waals surface area contributed by atoms with Crippen LogP contribution in [-0.4, -0.2) is 0 Å². The predicted molar refractivity (Wildman–Crippen MR) is 228 cm³/mol. The molecule has 0 fully saturated rings. The summed E-state index contributed by atoms with van der Waals surface area (Å²) in [5.41, 5.74) is 13.1. The summed E-state index contributed by atoms with van der Waals surface area (Å²) in [6.07, 6.45) is 0. The minimum absolute atomic E-state index is 0.0837. The molecule has 0 amide bonds. The Hall–Kier alpha value is -6.50. The monoisotopic (exact) mass is 672 g/mol. The maximum atomic E-state index is 2.43. The molecule has 0 saturated heterocycles. The maximum absolute atomic E-state index is 2.43. The smallest absolute Gasteiger partial charge is 0.0159 e. The number of fused-ring (bicyclic) bond motifs is 10. The number of hydrogen-bond donors (Lipinski definition) is 0. The Morgan fingerprint density at radius 2 is 0.755 bits per heavy atom. The van der Waals surface area contributed by atoms with Gasteiger partial charge in [0.1, 0.15) is 0 Å². The van der Waals surface area contributed by atoms with Gasteiger partial charge in [0, 0.05) is 5.41 Å². The lowest BCUT2D eigenvalue weighted by Crippen LogP contribution is -2.14. The zero-order valence-electron chi connectivity index (χ0n) is 29.8. The molecule has 0 atom stereocenters. The molecule has 0 unspecified atom stereocenters. The van der Waals surface area contributed by atoms with Gasteiger partial charge in [0.15, 0.2) is 0 Å². The van der Waals surface area contributed by atoms with Gasteiger partial charge in [-0.3, -0.25) is 0 Å². The molecule has 0 aromatic heterocycles. The van der Waals surface area contributed by atoms with E-state index in [9.17, 15) is 0 Å². The van der Waals surface area contributed by atoms with Crippen LogP contribution in [-0.2, 0) is 5.41 Å². The second kappa shape index (κ2) is 11.2. The summed E-state index contributed by atoms with van der Waals surface area (Å²) >= 11 is 0. The Morgan fingerprint density at radius 1 is 0.283 bits per heavy atom. The first-order valence-electron chi connectivity index (χ1n) is 18.7. The third kappa shape index (κ3) is 4.36. The van der Waals surface area contributed by atoms with Crippen LogP contribution in [0.2, 0.25) is 0 Å². The van der Waals surface area contributed by atoms with Crippen molar-refractivity contribution in [1.29, 1.82) is 0 Å². The average Bonchev–Trinajstić information content (AvgIpc) is 3.46. The molecule has 0 heteroatoms. The van der Waals surface area contributed by atoms with Crippen LogP contribution in [0.3, 0.4) is 0 Å². The molecule has 0 saturated carbocycles. The van der Waals surface area contributed by atoms with E-state index in [0.717, 1.165) is 0 Å². The zero-order valence-corrected chi connectivity index (χ0v) is 29.8. The van der Waals surface area contributed by atoms with Crippen molar-refractivity contribution in [1.82, 2.24) is 0 Å². The molecular formula is C53H36. The first kappa shape index (κ1) is 30.2. The van der Waals surface area contributed by atoms with Gasteiger partial charge >= 0.3 is 0 Å². The fourth-order valence-corrected chi connectivity index (χ4v) is 9.54. The Kier molecular flexibility index (Phi) is 6.40. The summed E-state index contributed by atoms with van der Waals surface area (Å²) in [4.78, 5) is 0. The lowest BCUT2D eigenvalue weighted by atomic mass is 9.81. The molecule has 0 bridgehead atoms. The van der Waals surface area contributed by atoms with Gasteiger partial charge in [-0.15, -0.1) is 0 Å². The highest BCUT2D eigenvalue weighted by molar-refractivity contribution is 6.22. The lowest BCUT2D eigenvalue weighted by molar-refractivity contribution is 0.661. The van der Waals surface area contributed by atoms with E-state index in [1.807, 2.05) is 0 Å². The molecule has 1 aliphatic carbocycles. The second-order valence-electron chi connectivity index (χ2n) is 15.2. The predicted octanol–water partition coefficient (Wildman–Crippen LogP) is 14.8. The molecule has 0 N–H and O–H groups in total. The number of benzene rings is 10. The molecule has 0 heterocycles. The molecule has 53 heavy (non-hydrogen) atoms. The summed E-state index contributed by atoms with van der Waals surface area (Å²) in [6, 6.07) is 67.9. The summed E-state index contributed by atoms with van der Waals surface area (Å²) in [5.74, 6) is 0. The highest BCUT2D eigenvalue weighted by Crippen LogP contribution is 2.55. The molecule has 0 spiro atoms. The Labute approximate surface area is 309 Å². The van der Waals surface area contributed by atoms with Crippen molar-refractivity contribution in [2.75, 3.05) is 0 Å². The van der Waals surface area contributed by atoms with E-state index in [0.29, 0.717) is 0 Å². The standard InChI is InChI=1S/C53H36/c1-53(2)47-24-12-23-41(52(47)51-40-18-6-4-14-34(40)29-30-48(51)53)36-15-11-16-37(31-36)49-42-19-7-9-21-44(42)50(45-22-10-8-20-43(45)49)38-28-27-35-26-25-33-13-3-5-17-39(33)46(35)32-38/h3-32H,1-2H3. The van der Waals surface area contributed by atoms with E-state index < -0.39 is 0 Å². The summed E-state index contributed by atoms with van der Waals surface area (Å²) < 4.78 is 0. The summed E-state index contributed by atoms with van der Waals surface area (Å²) in [5, 5.41) is 12.8. The third-order valence-corrected chi connectivity index (χ3v) is 12.0. The maximum Gasteiger partial charge on any atom is 0.0159 e. The summed E-state index contributed by atoms with van der Waals surface area (Å²) in [7, 11) is 0. The molecule has 248 valence electrons. The highest BCUT2D eigenvalue weighted by Gasteiger charge is 2.37. The SMILES string of the molecule is CC1(C)c2cccc(-c3cccc(-c4c5ccccc5c(-c5ccc6ccc7ccccc7c6c5)c5ccccc45)c3)c2-c2c1ccc1ccccc21. The van der Waals surface area contributed by atoms with E-state index in [1.54, 1.807) is 0 Å². The van der Waals surface area contributed by atoms with Crippen LogP contribution in [0, 0.1) is 0 Å². The quantitative estimate of drug-likeness (QED) is 0.129. The molecule has 10 aromatic carbocycles. The molecule has 10 aromatic rings. The van der Waals surface area contributed by atoms with Gasteiger partial charge in [-0.2, -0.15) is 0 Å². The Morgan fingerprint density at radius 3 is 1.43 bits per heavy atom. The van der Waals surface area contributed by atoms with Crippen LogP contribution in [0.4, 0.5) is 0 Å². The molecule has 11 rings (SSSR count). The van der Waals surface area contributed by atoms with Crippen LogP contribution in [0.25, 0.3) is 98.4 Å². The van der Waals surface area contributed by atoms with E-state index in [1.165, 1.54) is 109 Å². The van der Waals surface area contributed by atoms with Crippen molar-refractivity contribution >= 4 is 53.9 Å². The first-order chi connectivity index (χ1) is 26.1. The van der Waals surface area contributed by atoms with Crippen molar-refractivity contribution in [2.45, 2.75) is 19.3 Å². The summed E-state index contributed by atoms with van der Waals surface area (Å²) in [6.45, 7) is 4.76. The van der Waals surface area contributed by atoms with Crippen molar-refractivity contribution < 1.29 is 0 Å². The van der Waals surface area contributed by atoms with Crippen LogP contribution in [0.15, 0.2) is 182 Å². The van der Waals surface area contributed by atoms with Gasteiger partial charge < -0.3 is 0 Å². The minimum atomic E-state index is -0.0837. The van der Waals surface area contributed by atoms with Gasteiger partial charge in [0.2, 0.25) is 0 Å². The number of rotatable bonds is 3. The van der Waals surface area contributed by atoms with Crippen molar-refractivity contribution in [3.63, 3.8) is 0 Å². The largest absolute Gasteiger partial charge is 0.0616 e.